The van der Waals surface area contributed by atoms with Crippen molar-refractivity contribution in [1.29, 1.82) is 5.26 Å². The number of carbonyl (C=O) groups excluding carboxylic acids is 1. The first-order valence-electron chi connectivity index (χ1n) is 5.28. The SMILES string of the molecule is CC(=O)OC1CCCCC1CCC#N. The van der Waals surface area contributed by atoms with Gasteiger partial charge in [0.2, 0.25) is 0 Å². The van der Waals surface area contributed by atoms with Crippen LogP contribution in [0.5, 0.6) is 0 Å². The third-order valence-electron chi connectivity index (χ3n) is 2.78. The summed E-state index contributed by atoms with van der Waals surface area (Å²) in [6, 6.07) is 2.15. The van der Waals surface area contributed by atoms with Crippen LogP contribution < -0.4 is 0 Å². The Morgan fingerprint density at radius 2 is 2.21 bits per heavy atom. The van der Waals surface area contributed by atoms with Gasteiger partial charge in [0.25, 0.3) is 0 Å². The summed E-state index contributed by atoms with van der Waals surface area (Å²) in [7, 11) is 0. The van der Waals surface area contributed by atoms with E-state index in [0.717, 1.165) is 25.7 Å². The predicted molar refractivity (Wildman–Crippen MR) is 52.4 cm³/mol. The summed E-state index contributed by atoms with van der Waals surface area (Å²) in [6.07, 6.45) is 5.91. The van der Waals surface area contributed by atoms with Gasteiger partial charge in [-0.05, 0) is 31.6 Å². The largest absolute Gasteiger partial charge is 0.462 e. The van der Waals surface area contributed by atoms with Crippen LogP contribution in [0.1, 0.15) is 45.4 Å². The lowest BCUT2D eigenvalue weighted by molar-refractivity contribution is -0.150. The summed E-state index contributed by atoms with van der Waals surface area (Å²) in [5.41, 5.74) is 0. The summed E-state index contributed by atoms with van der Waals surface area (Å²) in [5.74, 6) is 0.214. The molecule has 1 rings (SSSR count). The molecule has 0 bridgehead atoms. The van der Waals surface area contributed by atoms with Gasteiger partial charge in [-0.1, -0.05) is 6.42 Å². The normalized spacial score (nSPS) is 26.6. The second kappa shape index (κ2) is 5.64. The van der Waals surface area contributed by atoms with Gasteiger partial charge in [0.05, 0.1) is 6.07 Å². The number of ether oxygens (including phenoxy) is 1. The molecule has 2 atom stereocenters. The molecule has 0 amide bonds. The Kier molecular flexibility index (Phi) is 4.45. The Bertz CT molecular complexity index is 232. The van der Waals surface area contributed by atoms with Gasteiger partial charge in [-0.25, -0.2) is 0 Å². The Labute approximate surface area is 85.1 Å². The Morgan fingerprint density at radius 3 is 2.86 bits per heavy atom. The van der Waals surface area contributed by atoms with Crippen molar-refractivity contribution in [3.8, 4) is 6.07 Å². The van der Waals surface area contributed by atoms with Crippen LogP contribution in [0.15, 0.2) is 0 Å². The lowest BCUT2D eigenvalue weighted by atomic mass is 9.83. The molecule has 14 heavy (non-hydrogen) atoms. The van der Waals surface area contributed by atoms with Crippen molar-refractivity contribution in [2.45, 2.75) is 51.6 Å². The van der Waals surface area contributed by atoms with Crippen LogP contribution >= 0.6 is 0 Å². The molecule has 0 heterocycles. The minimum Gasteiger partial charge on any atom is -0.462 e. The van der Waals surface area contributed by atoms with Crippen molar-refractivity contribution in [3.63, 3.8) is 0 Å². The number of rotatable bonds is 3. The zero-order valence-electron chi connectivity index (χ0n) is 8.66. The van der Waals surface area contributed by atoms with E-state index in [4.69, 9.17) is 10.00 Å². The lowest BCUT2D eigenvalue weighted by Gasteiger charge is -2.30. The van der Waals surface area contributed by atoms with E-state index in [-0.39, 0.29) is 12.1 Å². The number of nitrogens with zero attached hydrogens (tertiary/aromatic N) is 1. The molecule has 0 radical (unpaired) electrons. The van der Waals surface area contributed by atoms with Crippen molar-refractivity contribution < 1.29 is 9.53 Å². The van der Waals surface area contributed by atoms with Crippen molar-refractivity contribution in [2.24, 2.45) is 5.92 Å². The highest BCUT2D eigenvalue weighted by molar-refractivity contribution is 5.66. The third-order valence-corrected chi connectivity index (χ3v) is 2.78. The second-order valence-corrected chi connectivity index (χ2v) is 3.89. The van der Waals surface area contributed by atoms with Crippen LogP contribution in [-0.2, 0) is 9.53 Å². The van der Waals surface area contributed by atoms with Crippen LogP contribution in [0.4, 0.5) is 0 Å². The Morgan fingerprint density at radius 1 is 1.50 bits per heavy atom. The van der Waals surface area contributed by atoms with Gasteiger partial charge >= 0.3 is 5.97 Å². The van der Waals surface area contributed by atoms with Crippen LogP contribution in [0.3, 0.4) is 0 Å². The molecule has 1 aliphatic rings. The molecule has 0 N–H and O–H groups in total. The highest BCUT2D eigenvalue weighted by atomic mass is 16.5. The van der Waals surface area contributed by atoms with Gasteiger partial charge in [0, 0.05) is 13.3 Å². The van der Waals surface area contributed by atoms with Crippen molar-refractivity contribution in [3.05, 3.63) is 0 Å². The van der Waals surface area contributed by atoms with E-state index in [1.165, 1.54) is 13.3 Å². The van der Waals surface area contributed by atoms with E-state index in [1.54, 1.807) is 0 Å². The van der Waals surface area contributed by atoms with Crippen LogP contribution in [0, 0.1) is 17.2 Å². The van der Waals surface area contributed by atoms with Crippen molar-refractivity contribution >= 4 is 5.97 Å². The fraction of sp³-hybridized carbons (Fsp3) is 0.818. The third kappa shape index (κ3) is 3.37. The molecule has 0 aromatic rings. The Balaban J connectivity index is 2.42. The number of esters is 1. The van der Waals surface area contributed by atoms with Gasteiger partial charge < -0.3 is 4.74 Å². The molecular formula is C11H17NO2. The zero-order valence-corrected chi connectivity index (χ0v) is 8.66. The fourth-order valence-corrected chi connectivity index (χ4v) is 2.12. The monoisotopic (exact) mass is 195 g/mol. The molecule has 3 nitrogen and oxygen atoms in total. The highest BCUT2D eigenvalue weighted by Gasteiger charge is 2.26. The highest BCUT2D eigenvalue weighted by Crippen LogP contribution is 2.30. The number of nitriles is 1. The van der Waals surface area contributed by atoms with E-state index >= 15 is 0 Å². The van der Waals surface area contributed by atoms with Gasteiger partial charge in [-0.15, -0.1) is 0 Å². The zero-order chi connectivity index (χ0) is 10.4. The molecule has 1 aliphatic carbocycles. The molecule has 1 fully saturated rings. The average molecular weight is 195 g/mol. The maximum absolute atomic E-state index is 10.8. The first-order chi connectivity index (χ1) is 6.74. The number of hydrogen-bond donors (Lipinski definition) is 0. The van der Waals surface area contributed by atoms with E-state index in [0.29, 0.717) is 12.3 Å². The van der Waals surface area contributed by atoms with E-state index in [1.807, 2.05) is 0 Å². The first-order valence-corrected chi connectivity index (χ1v) is 5.28. The first kappa shape index (κ1) is 11.0. The fourth-order valence-electron chi connectivity index (χ4n) is 2.12. The maximum Gasteiger partial charge on any atom is 0.302 e. The molecule has 3 heteroatoms. The molecular weight excluding hydrogens is 178 g/mol. The summed E-state index contributed by atoms with van der Waals surface area (Å²) in [4.78, 5) is 10.8. The van der Waals surface area contributed by atoms with Crippen LogP contribution in [0.2, 0.25) is 0 Å². The summed E-state index contributed by atoms with van der Waals surface area (Å²) < 4.78 is 5.25. The minimum absolute atomic E-state index is 0.0644. The smallest absolute Gasteiger partial charge is 0.302 e. The Hall–Kier alpha value is -1.04. The van der Waals surface area contributed by atoms with E-state index < -0.39 is 0 Å². The quantitative estimate of drug-likeness (QED) is 0.650. The van der Waals surface area contributed by atoms with Gasteiger partial charge in [-0.3, -0.25) is 4.79 Å². The van der Waals surface area contributed by atoms with Crippen LogP contribution in [0.25, 0.3) is 0 Å². The van der Waals surface area contributed by atoms with Crippen LogP contribution in [-0.4, -0.2) is 12.1 Å². The molecule has 78 valence electrons. The molecule has 1 saturated carbocycles. The van der Waals surface area contributed by atoms with Gasteiger partial charge in [-0.2, -0.15) is 5.26 Å². The molecule has 0 spiro atoms. The van der Waals surface area contributed by atoms with Gasteiger partial charge in [0.15, 0.2) is 0 Å². The average Bonchev–Trinajstić information content (AvgIpc) is 2.16. The summed E-state index contributed by atoms with van der Waals surface area (Å²) >= 11 is 0. The lowest BCUT2D eigenvalue weighted by Crippen LogP contribution is -2.29. The number of carbonyl (C=O) groups is 1. The van der Waals surface area contributed by atoms with Crippen molar-refractivity contribution in [2.75, 3.05) is 0 Å². The van der Waals surface area contributed by atoms with Crippen molar-refractivity contribution in [1.82, 2.24) is 0 Å². The molecule has 0 saturated heterocycles. The summed E-state index contributed by atoms with van der Waals surface area (Å²) in [6.45, 7) is 1.45. The van der Waals surface area contributed by atoms with E-state index in [2.05, 4.69) is 6.07 Å². The molecule has 2 unspecified atom stereocenters. The van der Waals surface area contributed by atoms with E-state index in [9.17, 15) is 4.79 Å². The van der Waals surface area contributed by atoms with Gasteiger partial charge in [0.1, 0.15) is 6.10 Å². The topological polar surface area (TPSA) is 50.1 Å². The maximum atomic E-state index is 10.8. The molecule has 0 aromatic carbocycles. The number of hydrogen-bond acceptors (Lipinski definition) is 3. The predicted octanol–water partition coefficient (Wildman–Crippen LogP) is 2.41. The molecule has 0 aliphatic heterocycles. The molecule has 0 aromatic heterocycles. The standard InChI is InChI=1S/C11H17NO2/c1-9(13)14-11-7-3-2-5-10(11)6-4-8-12/h10-11H,2-7H2,1H3. The second-order valence-electron chi connectivity index (χ2n) is 3.89. The summed E-state index contributed by atoms with van der Waals surface area (Å²) in [5, 5.41) is 8.51. The minimum atomic E-state index is -0.196.